The Morgan fingerprint density at radius 1 is 1.21 bits per heavy atom. The number of hydrogen-bond acceptors (Lipinski definition) is 4. The SMILES string of the molecule is C=C(CCNC(=O)c1nc(C)ccc1F)NC(=O)COc1ccc(Cl)c(F)c1. The summed E-state index contributed by atoms with van der Waals surface area (Å²) in [5, 5.41) is 4.94. The van der Waals surface area contributed by atoms with E-state index in [9.17, 15) is 18.4 Å². The van der Waals surface area contributed by atoms with Crippen molar-refractivity contribution in [3.8, 4) is 5.75 Å². The van der Waals surface area contributed by atoms with Gasteiger partial charge in [-0.25, -0.2) is 13.8 Å². The summed E-state index contributed by atoms with van der Waals surface area (Å²) in [6, 6.07) is 6.45. The molecule has 6 nitrogen and oxygen atoms in total. The first kappa shape index (κ1) is 21.3. The lowest BCUT2D eigenvalue weighted by atomic mass is 10.2. The highest BCUT2D eigenvalue weighted by atomic mass is 35.5. The number of nitrogens with zero attached hydrogens (tertiary/aromatic N) is 1. The van der Waals surface area contributed by atoms with Gasteiger partial charge in [0.2, 0.25) is 0 Å². The van der Waals surface area contributed by atoms with Crippen LogP contribution in [0.4, 0.5) is 8.78 Å². The maximum absolute atomic E-state index is 13.6. The van der Waals surface area contributed by atoms with Crippen LogP contribution in [0, 0.1) is 18.6 Å². The van der Waals surface area contributed by atoms with Crippen molar-refractivity contribution < 1.29 is 23.1 Å². The van der Waals surface area contributed by atoms with E-state index in [0.717, 1.165) is 6.07 Å². The lowest BCUT2D eigenvalue weighted by Gasteiger charge is -2.11. The number of pyridine rings is 1. The molecule has 2 rings (SSSR count). The molecule has 0 unspecified atom stereocenters. The fourth-order valence-corrected chi connectivity index (χ4v) is 2.24. The first-order valence-electron chi connectivity index (χ1n) is 8.23. The molecule has 2 N–H and O–H groups in total. The minimum Gasteiger partial charge on any atom is -0.484 e. The number of carbonyl (C=O) groups excluding carboxylic acids is 2. The van der Waals surface area contributed by atoms with Gasteiger partial charge in [-0.15, -0.1) is 0 Å². The highest BCUT2D eigenvalue weighted by Gasteiger charge is 2.13. The summed E-state index contributed by atoms with van der Waals surface area (Å²) in [7, 11) is 0. The second-order valence-corrected chi connectivity index (χ2v) is 6.21. The van der Waals surface area contributed by atoms with Gasteiger partial charge in [-0.1, -0.05) is 18.2 Å². The quantitative estimate of drug-likeness (QED) is 0.702. The third-order valence-corrected chi connectivity index (χ3v) is 3.80. The number of benzene rings is 1. The monoisotopic (exact) mass is 409 g/mol. The first-order chi connectivity index (χ1) is 13.3. The largest absolute Gasteiger partial charge is 0.484 e. The normalized spacial score (nSPS) is 10.3. The van der Waals surface area contributed by atoms with Crippen molar-refractivity contribution in [1.29, 1.82) is 0 Å². The van der Waals surface area contributed by atoms with Crippen LogP contribution in [-0.2, 0) is 4.79 Å². The number of nitrogens with one attached hydrogen (secondary N) is 2. The minimum atomic E-state index is -0.717. The summed E-state index contributed by atoms with van der Waals surface area (Å²) < 4.78 is 32.1. The second-order valence-electron chi connectivity index (χ2n) is 5.81. The Morgan fingerprint density at radius 3 is 2.68 bits per heavy atom. The van der Waals surface area contributed by atoms with Gasteiger partial charge in [0.1, 0.15) is 11.6 Å². The van der Waals surface area contributed by atoms with Crippen molar-refractivity contribution in [2.45, 2.75) is 13.3 Å². The summed E-state index contributed by atoms with van der Waals surface area (Å²) in [6.45, 7) is 5.08. The lowest BCUT2D eigenvalue weighted by Crippen LogP contribution is -2.31. The Balaban J connectivity index is 1.72. The Morgan fingerprint density at radius 2 is 1.96 bits per heavy atom. The van der Waals surface area contributed by atoms with Crippen molar-refractivity contribution in [2.24, 2.45) is 0 Å². The third-order valence-electron chi connectivity index (χ3n) is 3.49. The zero-order valence-electron chi connectivity index (χ0n) is 15.0. The van der Waals surface area contributed by atoms with Gasteiger partial charge in [0.05, 0.1) is 5.02 Å². The van der Waals surface area contributed by atoms with Crippen molar-refractivity contribution in [3.05, 3.63) is 70.7 Å². The number of halogens is 3. The molecular weight excluding hydrogens is 392 g/mol. The average Bonchev–Trinajstić information content (AvgIpc) is 2.64. The van der Waals surface area contributed by atoms with Gasteiger partial charge in [0.15, 0.2) is 18.1 Å². The Kier molecular flexibility index (Phi) is 7.45. The van der Waals surface area contributed by atoms with E-state index in [0.29, 0.717) is 11.4 Å². The molecule has 148 valence electrons. The summed E-state index contributed by atoms with van der Waals surface area (Å²) in [4.78, 5) is 27.6. The van der Waals surface area contributed by atoms with Crippen LogP contribution in [0.3, 0.4) is 0 Å². The van der Waals surface area contributed by atoms with Gasteiger partial charge < -0.3 is 15.4 Å². The zero-order chi connectivity index (χ0) is 20.7. The van der Waals surface area contributed by atoms with Crippen LogP contribution < -0.4 is 15.4 Å². The average molecular weight is 410 g/mol. The van der Waals surface area contributed by atoms with Gasteiger partial charge in [0.25, 0.3) is 11.8 Å². The molecule has 28 heavy (non-hydrogen) atoms. The van der Waals surface area contributed by atoms with E-state index in [1.807, 2.05) is 0 Å². The van der Waals surface area contributed by atoms with Gasteiger partial charge in [-0.3, -0.25) is 9.59 Å². The van der Waals surface area contributed by atoms with E-state index >= 15 is 0 Å². The molecular formula is C19H18ClF2N3O3. The number of amides is 2. The van der Waals surface area contributed by atoms with Gasteiger partial charge in [-0.05, 0) is 31.2 Å². The molecule has 2 amide bonds. The topological polar surface area (TPSA) is 80.3 Å². The fourth-order valence-electron chi connectivity index (χ4n) is 2.12. The highest BCUT2D eigenvalue weighted by molar-refractivity contribution is 6.30. The van der Waals surface area contributed by atoms with E-state index < -0.39 is 23.4 Å². The van der Waals surface area contributed by atoms with Gasteiger partial charge in [-0.2, -0.15) is 0 Å². The van der Waals surface area contributed by atoms with Crippen LogP contribution in [0.1, 0.15) is 22.6 Å². The Hall–Kier alpha value is -3.00. The number of rotatable bonds is 8. The van der Waals surface area contributed by atoms with E-state index in [1.54, 1.807) is 6.92 Å². The van der Waals surface area contributed by atoms with Crippen molar-refractivity contribution >= 4 is 23.4 Å². The molecule has 0 bridgehead atoms. The maximum atomic E-state index is 13.6. The molecule has 0 spiro atoms. The lowest BCUT2D eigenvalue weighted by molar-refractivity contribution is -0.122. The Labute approximate surface area is 165 Å². The molecule has 0 aliphatic rings. The van der Waals surface area contributed by atoms with E-state index in [-0.39, 0.29) is 36.0 Å². The predicted molar refractivity (Wildman–Crippen MR) is 100 cm³/mol. The number of aromatic nitrogens is 1. The molecule has 0 saturated heterocycles. The molecule has 2 aromatic rings. The molecule has 0 fully saturated rings. The minimum absolute atomic E-state index is 0.0482. The van der Waals surface area contributed by atoms with Gasteiger partial charge >= 0.3 is 0 Å². The zero-order valence-corrected chi connectivity index (χ0v) is 15.8. The highest BCUT2D eigenvalue weighted by Crippen LogP contribution is 2.20. The van der Waals surface area contributed by atoms with Crippen LogP contribution in [0.5, 0.6) is 5.75 Å². The van der Waals surface area contributed by atoms with Crippen LogP contribution in [0.25, 0.3) is 0 Å². The van der Waals surface area contributed by atoms with E-state index in [2.05, 4.69) is 22.2 Å². The summed E-state index contributed by atoms with van der Waals surface area (Å²) in [6.07, 6.45) is 0.223. The van der Waals surface area contributed by atoms with E-state index in [1.165, 1.54) is 24.3 Å². The molecule has 0 saturated carbocycles. The number of ether oxygens (including phenoxy) is 1. The standard InChI is InChI=1S/C19H18ClF2N3O3/c1-11-3-6-15(21)18(25-11)19(27)23-8-7-12(2)24-17(26)10-28-13-4-5-14(20)16(22)9-13/h3-6,9H,2,7-8,10H2,1H3,(H,23,27)(H,24,26). The molecule has 9 heteroatoms. The van der Waals surface area contributed by atoms with Crippen molar-refractivity contribution in [3.63, 3.8) is 0 Å². The second kappa shape index (κ2) is 9.80. The number of carbonyl (C=O) groups is 2. The van der Waals surface area contributed by atoms with Crippen LogP contribution in [-0.4, -0.2) is 29.9 Å². The third kappa shape index (κ3) is 6.31. The molecule has 1 aromatic heterocycles. The fraction of sp³-hybridized carbons (Fsp3) is 0.211. The van der Waals surface area contributed by atoms with Gasteiger partial charge in [0, 0.05) is 30.4 Å². The predicted octanol–water partition coefficient (Wildman–Crippen LogP) is 3.15. The summed E-state index contributed by atoms with van der Waals surface area (Å²) >= 11 is 5.56. The number of hydrogen-bond donors (Lipinski definition) is 2. The molecule has 0 radical (unpaired) electrons. The first-order valence-corrected chi connectivity index (χ1v) is 8.61. The maximum Gasteiger partial charge on any atom is 0.272 e. The summed E-state index contributed by atoms with van der Waals surface area (Å²) in [5.74, 6) is -2.38. The number of aryl methyl sites for hydroxylation is 1. The Bertz CT molecular complexity index is 906. The molecule has 1 heterocycles. The molecule has 0 aliphatic carbocycles. The smallest absolute Gasteiger partial charge is 0.272 e. The molecule has 0 aliphatic heterocycles. The van der Waals surface area contributed by atoms with Crippen molar-refractivity contribution in [2.75, 3.05) is 13.2 Å². The molecule has 1 aromatic carbocycles. The van der Waals surface area contributed by atoms with Crippen LogP contribution in [0.15, 0.2) is 42.6 Å². The van der Waals surface area contributed by atoms with Crippen LogP contribution >= 0.6 is 11.6 Å². The van der Waals surface area contributed by atoms with E-state index in [4.69, 9.17) is 16.3 Å². The summed E-state index contributed by atoms with van der Waals surface area (Å²) in [5.41, 5.74) is 0.552. The van der Waals surface area contributed by atoms with Crippen molar-refractivity contribution in [1.82, 2.24) is 15.6 Å². The van der Waals surface area contributed by atoms with Crippen LogP contribution in [0.2, 0.25) is 5.02 Å². The molecule has 0 atom stereocenters.